The number of benzene rings is 1. The molecular formula is C13H20BrN3. The van der Waals surface area contributed by atoms with Crippen LogP contribution < -0.4 is 10.6 Å². The number of hydrogen-bond acceptors (Lipinski definition) is 3. The molecule has 0 amide bonds. The van der Waals surface area contributed by atoms with Gasteiger partial charge in [0, 0.05) is 35.8 Å². The van der Waals surface area contributed by atoms with Crippen molar-refractivity contribution < 1.29 is 0 Å². The summed E-state index contributed by atoms with van der Waals surface area (Å²) in [5.74, 6) is 0. The van der Waals surface area contributed by atoms with Gasteiger partial charge >= 0.3 is 0 Å². The number of rotatable bonds is 3. The molecule has 0 aliphatic carbocycles. The highest BCUT2D eigenvalue weighted by Gasteiger charge is 2.24. The lowest BCUT2D eigenvalue weighted by atomic mass is 10.2. The largest absolute Gasteiger partial charge is 0.370 e. The van der Waals surface area contributed by atoms with Crippen molar-refractivity contribution >= 4 is 21.6 Å². The Bertz CT molecular complexity index is 392. The molecule has 1 aromatic rings. The van der Waals surface area contributed by atoms with E-state index in [0.717, 1.165) is 17.6 Å². The standard InChI is InChI=1S/C13H20BrN3/c1-16(2)12-3-4-17(9-12)13-6-10(8-15)5-11(14)7-13/h5-7,12H,3-4,8-9,15H2,1-2H3. The lowest BCUT2D eigenvalue weighted by molar-refractivity contribution is 0.315. The van der Waals surface area contributed by atoms with E-state index in [-0.39, 0.29) is 0 Å². The molecule has 1 fully saturated rings. The minimum Gasteiger partial charge on any atom is -0.370 e. The number of likely N-dealkylation sites (N-methyl/N-ethyl adjacent to an activating group) is 1. The Kier molecular flexibility index (Phi) is 4.07. The third-order valence-electron chi connectivity index (χ3n) is 3.44. The molecule has 1 saturated heterocycles. The highest BCUT2D eigenvalue weighted by molar-refractivity contribution is 9.10. The maximum Gasteiger partial charge on any atom is 0.0381 e. The molecular weight excluding hydrogens is 278 g/mol. The van der Waals surface area contributed by atoms with Crippen LogP contribution in [0.1, 0.15) is 12.0 Å². The topological polar surface area (TPSA) is 32.5 Å². The van der Waals surface area contributed by atoms with Gasteiger partial charge in [0.2, 0.25) is 0 Å². The SMILES string of the molecule is CN(C)C1CCN(c2cc(Br)cc(CN)c2)C1. The maximum absolute atomic E-state index is 5.71. The van der Waals surface area contributed by atoms with Gasteiger partial charge in [0.05, 0.1) is 0 Å². The van der Waals surface area contributed by atoms with Crippen molar-refractivity contribution in [2.24, 2.45) is 5.73 Å². The van der Waals surface area contributed by atoms with Crippen LogP contribution in [-0.2, 0) is 6.54 Å². The van der Waals surface area contributed by atoms with E-state index in [1.54, 1.807) is 0 Å². The van der Waals surface area contributed by atoms with Gasteiger partial charge in [-0.3, -0.25) is 0 Å². The average Bonchev–Trinajstić information content (AvgIpc) is 2.77. The maximum atomic E-state index is 5.71. The van der Waals surface area contributed by atoms with Gasteiger partial charge in [-0.05, 0) is 44.3 Å². The van der Waals surface area contributed by atoms with E-state index in [1.807, 2.05) is 0 Å². The Morgan fingerprint density at radius 1 is 1.41 bits per heavy atom. The first kappa shape index (κ1) is 12.9. The van der Waals surface area contributed by atoms with E-state index >= 15 is 0 Å². The van der Waals surface area contributed by atoms with Gasteiger partial charge in [-0.15, -0.1) is 0 Å². The zero-order valence-electron chi connectivity index (χ0n) is 10.5. The predicted molar refractivity (Wildman–Crippen MR) is 76.3 cm³/mol. The highest BCUT2D eigenvalue weighted by Crippen LogP contribution is 2.26. The molecule has 0 saturated carbocycles. The summed E-state index contributed by atoms with van der Waals surface area (Å²) in [7, 11) is 4.31. The van der Waals surface area contributed by atoms with E-state index in [4.69, 9.17) is 5.73 Å². The van der Waals surface area contributed by atoms with Crippen LogP contribution in [0.3, 0.4) is 0 Å². The van der Waals surface area contributed by atoms with Crippen LogP contribution in [0, 0.1) is 0 Å². The Labute approximate surface area is 112 Å². The second-order valence-corrected chi connectivity index (χ2v) is 5.79. The van der Waals surface area contributed by atoms with Crippen LogP contribution in [0.15, 0.2) is 22.7 Å². The first-order valence-electron chi connectivity index (χ1n) is 6.01. The van der Waals surface area contributed by atoms with Crippen LogP contribution in [0.25, 0.3) is 0 Å². The monoisotopic (exact) mass is 297 g/mol. The van der Waals surface area contributed by atoms with Crippen molar-refractivity contribution in [1.82, 2.24) is 4.90 Å². The molecule has 1 aliphatic rings. The summed E-state index contributed by atoms with van der Waals surface area (Å²) in [5, 5.41) is 0. The second-order valence-electron chi connectivity index (χ2n) is 4.87. The van der Waals surface area contributed by atoms with Crippen LogP contribution in [-0.4, -0.2) is 38.1 Å². The number of hydrogen-bond donors (Lipinski definition) is 1. The molecule has 1 atom stereocenters. The van der Waals surface area contributed by atoms with Crippen molar-refractivity contribution in [3.8, 4) is 0 Å². The third-order valence-corrected chi connectivity index (χ3v) is 3.89. The Hall–Kier alpha value is -0.580. The molecule has 1 aromatic carbocycles. The summed E-state index contributed by atoms with van der Waals surface area (Å²) >= 11 is 3.55. The molecule has 0 spiro atoms. The van der Waals surface area contributed by atoms with Crippen molar-refractivity contribution in [1.29, 1.82) is 0 Å². The lowest BCUT2D eigenvalue weighted by Gasteiger charge is -2.22. The number of nitrogens with zero attached hydrogens (tertiary/aromatic N) is 2. The van der Waals surface area contributed by atoms with Gasteiger partial charge in [0.1, 0.15) is 0 Å². The van der Waals surface area contributed by atoms with Crippen molar-refractivity contribution in [2.45, 2.75) is 19.0 Å². The quantitative estimate of drug-likeness (QED) is 0.927. The van der Waals surface area contributed by atoms with Crippen LogP contribution in [0.4, 0.5) is 5.69 Å². The van der Waals surface area contributed by atoms with Crippen LogP contribution in [0.5, 0.6) is 0 Å². The average molecular weight is 298 g/mol. The first-order chi connectivity index (χ1) is 8.10. The van der Waals surface area contributed by atoms with E-state index in [0.29, 0.717) is 12.6 Å². The zero-order chi connectivity index (χ0) is 12.4. The third kappa shape index (κ3) is 3.00. The van der Waals surface area contributed by atoms with E-state index in [9.17, 15) is 0 Å². The summed E-state index contributed by atoms with van der Waals surface area (Å²) in [5.41, 5.74) is 8.18. The molecule has 3 nitrogen and oxygen atoms in total. The molecule has 2 N–H and O–H groups in total. The molecule has 0 radical (unpaired) electrons. The number of nitrogens with two attached hydrogens (primary N) is 1. The second kappa shape index (κ2) is 5.38. The van der Waals surface area contributed by atoms with Crippen molar-refractivity contribution in [3.63, 3.8) is 0 Å². The van der Waals surface area contributed by atoms with Crippen molar-refractivity contribution in [2.75, 3.05) is 32.1 Å². The van der Waals surface area contributed by atoms with Crippen molar-refractivity contribution in [3.05, 3.63) is 28.2 Å². The molecule has 4 heteroatoms. The van der Waals surface area contributed by atoms with Gasteiger partial charge < -0.3 is 15.5 Å². The first-order valence-corrected chi connectivity index (χ1v) is 6.80. The Balaban J connectivity index is 2.15. The number of anilines is 1. The molecule has 2 rings (SSSR count). The van der Waals surface area contributed by atoms with E-state index in [2.05, 4.69) is 58.0 Å². The summed E-state index contributed by atoms with van der Waals surface area (Å²) in [4.78, 5) is 4.75. The Morgan fingerprint density at radius 2 is 2.18 bits per heavy atom. The fourth-order valence-corrected chi connectivity index (χ4v) is 2.86. The van der Waals surface area contributed by atoms with Crippen LogP contribution in [0.2, 0.25) is 0 Å². The molecule has 1 unspecified atom stereocenters. The van der Waals surface area contributed by atoms with Gasteiger partial charge in [-0.1, -0.05) is 15.9 Å². The van der Waals surface area contributed by atoms with Gasteiger partial charge in [-0.2, -0.15) is 0 Å². The number of halogens is 1. The molecule has 1 heterocycles. The molecule has 1 aliphatic heterocycles. The minimum atomic E-state index is 0.595. The molecule has 94 valence electrons. The summed E-state index contributed by atoms with van der Waals surface area (Å²) in [6.07, 6.45) is 1.23. The summed E-state index contributed by atoms with van der Waals surface area (Å²) in [6.45, 7) is 2.83. The minimum absolute atomic E-state index is 0.595. The smallest absolute Gasteiger partial charge is 0.0381 e. The zero-order valence-corrected chi connectivity index (χ0v) is 12.1. The lowest BCUT2D eigenvalue weighted by Crippen LogP contribution is -2.31. The summed E-state index contributed by atoms with van der Waals surface area (Å²) < 4.78 is 1.11. The molecule has 17 heavy (non-hydrogen) atoms. The van der Waals surface area contributed by atoms with E-state index < -0.39 is 0 Å². The van der Waals surface area contributed by atoms with Crippen LogP contribution >= 0.6 is 15.9 Å². The highest BCUT2D eigenvalue weighted by atomic mass is 79.9. The fraction of sp³-hybridized carbons (Fsp3) is 0.538. The van der Waals surface area contributed by atoms with E-state index in [1.165, 1.54) is 17.7 Å². The normalized spacial score (nSPS) is 20.3. The van der Waals surface area contributed by atoms with Gasteiger partial charge in [0.15, 0.2) is 0 Å². The predicted octanol–water partition coefficient (Wildman–Crippen LogP) is 2.05. The molecule has 0 aromatic heterocycles. The fourth-order valence-electron chi connectivity index (χ4n) is 2.33. The summed E-state index contributed by atoms with van der Waals surface area (Å²) in [6, 6.07) is 7.12. The molecule has 0 bridgehead atoms. The Morgan fingerprint density at radius 3 is 2.76 bits per heavy atom. The van der Waals surface area contributed by atoms with Gasteiger partial charge in [-0.25, -0.2) is 0 Å². The van der Waals surface area contributed by atoms with Gasteiger partial charge in [0.25, 0.3) is 0 Å².